The third-order valence-corrected chi connectivity index (χ3v) is 10.1. The van der Waals surface area contributed by atoms with Crippen LogP contribution in [0.5, 0.6) is 0 Å². The molecule has 0 N–H and O–H groups in total. The maximum Gasteiger partial charge on any atom is 0.306 e. The Balaban J connectivity index is 4.36. The highest BCUT2D eigenvalue weighted by molar-refractivity contribution is 5.71. The van der Waals surface area contributed by atoms with Crippen molar-refractivity contribution in [3.63, 3.8) is 0 Å². The molecule has 3 atom stereocenters. The van der Waals surface area contributed by atoms with Crippen molar-refractivity contribution < 1.29 is 52.3 Å². The Bertz CT molecular complexity index is 912. The van der Waals surface area contributed by atoms with Gasteiger partial charge in [-0.3, -0.25) is 19.2 Å². The number of carbonyl (C=O) groups excluding carboxylic acids is 4. The zero-order valence-corrected chi connectivity index (χ0v) is 35.9. The first-order chi connectivity index (χ1) is 26.8. The maximum absolute atomic E-state index is 12.6. The van der Waals surface area contributed by atoms with Crippen LogP contribution in [0.1, 0.15) is 175 Å². The van der Waals surface area contributed by atoms with Crippen LogP contribution in [0.3, 0.4) is 0 Å². The van der Waals surface area contributed by atoms with Gasteiger partial charge in [-0.2, -0.15) is 0 Å². The van der Waals surface area contributed by atoms with Crippen molar-refractivity contribution in [1.29, 1.82) is 0 Å². The minimum Gasteiger partial charge on any atom is -0.469 e. The van der Waals surface area contributed by atoms with Crippen LogP contribution in [-0.2, 0) is 52.3 Å². The van der Waals surface area contributed by atoms with Gasteiger partial charge >= 0.3 is 23.9 Å². The lowest BCUT2D eigenvalue weighted by Gasteiger charge is -2.18. The van der Waals surface area contributed by atoms with Gasteiger partial charge in [0.15, 0.2) is 0 Å². The Kier molecular flexibility index (Phi) is 38.3. The molecule has 0 fully saturated rings. The molecule has 11 heteroatoms. The second-order valence-electron chi connectivity index (χ2n) is 15.0. The summed E-state index contributed by atoms with van der Waals surface area (Å²) >= 11 is 0. The van der Waals surface area contributed by atoms with E-state index in [1.165, 1.54) is 32.8 Å². The van der Waals surface area contributed by atoms with E-state index in [4.69, 9.17) is 33.2 Å². The lowest BCUT2D eigenvalue weighted by Crippen LogP contribution is -2.19. The Morgan fingerprint density at radius 1 is 0.418 bits per heavy atom. The van der Waals surface area contributed by atoms with E-state index in [0.29, 0.717) is 65.1 Å². The Hall–Kier alpha value is -2.24. The summed E-state index contributed by atoms with van der Waals surface area (Å²) < 4.78 is 38.4. The second-order valence-corrected chi connectivity index (χ2v) is 15.0. The summed E-state index contributed by atoms with van der Waals surface area (Å²) in [4.78, 5) is 48.4. The summed E-state index contributed by atoms with van der Waals surface area (Å²) in [7, 11) is 3.16. The summed E-state index contributed by atoms with van der Waals surface area (Å²) in [6.45, 7) is 10.6. The fraction of sp³-hybridized carbons (Fsp3) is 0.909. The number of hydrogen-bond acceptors (Lipinski definition) is 11. The lowest BCUT2D eigenvalue weighted by atomic mass is 9.99. The smallest absolute Gasteiger partial charge is 0.306 e. The molecule has 0 radical (unpaired) electrons. The van der Waals surface area contributed by atoms with Crippen molar-refractivity contribution in [1.82, 2.24) is 0 Å². The molecule has 0 amide bonds. The molecule has 0 bridgehead atoms. The van der Waals surface area contributed by atoms with Crippen LogP contribution in [0.15, 0.2) is 0 Å². The SMILES string of the molecule is CCCCCCCC(=O)OCC(CC)CC(=O)OCCC(CC)CCOC(=O)CCCC(COCCCCCCCOC)COCCCCCCC(=O)OC. The summed E-state index contributed by atoms with van der Waals surface area (Å²) in [6.07, 6.45) is 21.0. The first kappa shape index (κ1) is 52.8. The van der Waals surface area contributed by atoms with Crippen molar-refractivity contribution in [3.05, 3.63) is 0 Å². The molecule has 0 saturated heterocycles. The van der Waals surface area contributed by atoms with Crippen LogP contribution in [0.25, 0.3) is 0 Å². The predicted molar refractivity (Wildman–Crippen MR) is 217 cm³/mol. The lowest BCUT2D eigenvalue weighted by molar-refractivity contribution is -0.150. The van der Waals surface area contributed by atoms with E-state index in [1.807, 2.05) is 6.92 Å². The molecular formula is C44H82O11. The van der Waals surface area contributed by atoms with Gasteiger partial charge in [-0.1, -0.05) is 85.0 Å². The summed E-state index contributed by atoms with van der Waals surface area (Å²) in [5.74, 6) is -0.335. The van der Waals surface area contributed by atoms with Gasteiger partial charge in [-0.15, -0.1) is 0 Å². The van der Waals surface area contributed by atoms with Crippen LogP contribution in [0, 0.1) is 17.8 Å². The molecule has 0 aromatic heterocycles. The standard InChI is InChI=1S/C44H82O11/c1-6-9-10-12-18-25-43(47)55-37-39(8-3)34-44(48)54-33-28-38(7-2)27-32-53-42(46)26-22-23-40(35-51-30-20-15-11-14-19-29-49-4)36-52-31-21-16-13-17-24-41(45)50-5/h38-40H,6-37H2,1-5H3. The van der Waals surface area contributed by atoms with Crippen LogP contribution in [0.2, 0.25) is 0 Å². The monoisotopic (exact) mass is 787 g/mol. The van der Waals surface area contributed by atoms with Gasteiger partial charge < -0.3 is 33.2 Å². The third-order valence-electron chi connectivity index (χ3n) is 10.1. The maximum atomic E-state index is 12.6. The number of methoxy groups -OCH3 is 2. The van der Waals surface area contributed by atoms with Gasteiger partial charge in [-0.25, -0.2) is 0 Å². The molecule has 324 valence electrons. The van der Waals surface area contributed by atoms with Gasteiger partial charge in [0.25, 0.3) is 0 Å². The van der Waals surface area contributed by atoms with Gasteiger partial charge in [-0.05, 0) is 70.1 Å². The minimum atomic E-state index is -0.265. The summed E-state index contributed by atoms with van der Waals surface area (Å²) in [6, 6.07) is 0. The number of hydrogen-bond donors (Lipinski definition) is 0. The van der Waals surface area contributed by atoms with Crippen molar-refractivity contribution in [3.8, 4) is 0 Å². The zero-order chi connectivity index (χ0) is 40.6. The molecule has 0 rings (SSSR count). The van der Waals surface area contributed by atoms with Crippen LogP contribution in [-0.4, -0.2) is 91.0 Å². The Morgan fingerprint density at radius 2 is 0.909 bits per heavy atom. The average molecular weight is 787 g/mol. The molecule has 0 saturated carbocycles. The van der Waals surface area contributed by atoms with Crippen molar-refractivity contribution in [2.75, 3.05) is 67.1 Å². The normalized spacial score (nSPS) is 12.9. The van der Waals surface area contributed by atoms with E-state index in [0.717, 1.165) is 103 Å². The van der Waals surface area contributed by atoms with E-state index >= 15 is 0 Å². The number of esters is 4. The topological polar surface area (TPSA) is 133 Å². The van der Waals surface area contributed by atoms with Gasteiger partial charge in [0.2, 0.25) is 0 Å². The highest BCUT2D eigenvalue weighted by atomic mass is 16.5. The Labute approximate surface area is 335 Å². The number of ether oxygens (including phenoxy) is 7. The van der Waals surface area contributed by atoms with Crippen molar-refractivity contribution in [2.24, 2.45) is 17.8 Å². The van der Waals surface area contributed by atoms with Gasteiger partial charge in [0.1, 0.15) is 0 Å². The molecule has 55 heavy (non-hydrogen) atoms. The first-order valence-electron chi connectivity index (χ1n) is 22.0. The number of unbranched alkanes of at least 4 members (excludes halogenated alkanes) is 11. The van der Waals surface area contributed by atoms with Crippen molar-refractivity contribution >= 4 is 23.9 Å². The first-order valence-corrected chi connectivity index (χ1v) is 22.0. The fourth-order valence-electron chi connectivity index (χ4n) is 6.23. The van der Waals surface area contributed by atoms with E-state index in [2.05, 4.69) is 13.8 Å². The quantitative estimate of drug-likeness (QED) is 0.0333. The highest BCUT2D eigenvalue weighted by Crippen LogP contribution is 2.17. The fourth-order valence-corrected chi connectivity index (χ4v) is 6.23. The molecular weight excluding hydrogens is 704 g/mol. The molecule has 0 aliphatic heterocycles. The molecule has 3 unspecified atom stereocenters. The van der Waals surface area contributed by atoms with E-state index in [-0.39, 0.29) is 54.7 Å². The molecule has 0 aromatic rings. The largest absolute Gasteiger partial charge is 0.469 e. The number of carbonyl (C=O) groups is 4. The summed E-state index contributed by atoms with van der Waals surface area (Å²) in [5.41, 5.74) is 0. The van der Waals surface area contributed by atoms with Crippen LogP contribution >= 0.6 is 0 Å². The highest BCUT2D eigenvalue weighted by Gasteiger charge is 2.17. The average Bonchev–Trinajstić information content (AvgIpc) is 3.18. The Morgan fingerprint density at radius 3 is 1.47 bits per heavy atom. The third kappa shape index (κ3) is 35.9. The van der Waals surface area contributed by atoms with E-state index < -0.39 is 0 Å². The zero-order valence-electron chi connectivity index (χ0n) is 35.9. The molecule has 0 aliphatic rings. The molecule has 0 spiro atoms. The molecule has 0 aromatic carbocycles. The second kappa shape index (κ2) is 40.0. The summed E-state index contributed by atoms with van der Waals surface area (Å²) in [5, 5.41) is 0. The molecule has 0 aliphatic carbocycles. The van der Waals surface area contributed by atoms with E-state index in [1.54, 1.807) is 7.11 Å². The van der Waals surface area contributed by atoms with Crippen molar-refractivity contribution in [2.45, 2.75) is 175 Å². The van der Waals surface area contributed by atoms with E-state index in [9.17, 15) is 19.2 Å². The van der Waals surface area contributed by atoms with Crippen LogP contribution in [0.4, 0.5) is 0 Å². The molecule has 0 heterocycles. The number of rotatable bonds is 41. The predicted octanol–water partition coefficient (Wildman–Crippen LogP) is 9.74. The van der Waals surface area contributed by atoms with Gasteiger partial charge in [0, 0.05) is 58.0 Å². The molecule has 11 nitrogen and oxygen atoms in total. The van der Waals surface area contributed by atoms with Crippen LogP contribution < -0.4 is 0 Å². The minimum absolute atomic E-state index is 0.0407. The van der Waals surface area contributed by atoms with Gasteiger partial charge in [0.05, 0.1) is 46.6 Å².